The summed E-state index contributed by atoms with van der Waals surface area (Å²) in [6, 6.07) is 3.21. The van der Waals surface area contributed by atoms with Gasteiger partial charge in [0.15, 0.2) is 18.2 Å². The number of rotatable bonds is 4. The van der Waals surface area contributed by atoms with E-state index in [2.05, 4.69) is 10.3 Å². The van der Waals surface area contributed by atoms with Gasteiger partial charge in [0.1, 0.15) is 11.6 Å². The zero-order valence-corrected chi connectivity index (χ0v) is 15.5. The molecule has 28 heavy (non-hydrogen) atoms. The number of carbonyl (C=O) groups is 1. The van der Waals surface area contributed by atoms with E-state index in [9.17, 15) is 13.6 Å². The molecule has 1 unspecified atom stereocenters. The summed E-state index contributed by atoms with van der Waals surface area (Å²) < 4.78 is 31.8. The van der Waals surface area contributed by atoms with E-state index in [0.29, 0.717) is 19.5 Å². The summed E-state index contributed by atoms with van der Waals surface area (Å²) in [5, 5.41) is 3.45. The van der Waals surface area contributed by atoms with Crippen molar-refractivity contribution >= 4 is 5.91 Å². The van der Waals surface area contributed by atoms with Crippen molar-refractivity contribution in [1.82, 2.24) is 20.2 Å². The van der Waals surface area contributed by atoms with Crippen molar-refractivity contribution < 1.29 is 18.3 Å². The summed E-state index contributed by atoms with van der Waals surface area (Å²) in [5.41, 5.74) is 1.90. The van der Waals surface area contributed by atoms with E-state index in [1.807, 2.05) is 0 Å². The second-order valence-corrected chi connectivity index (χ2v) is 7.13. The Morgan fingerprint density at radius 3 is 3.00 bits per heavy atom. The Labute approximate surface area is 161 Å². The van der Waals surface area contributed by atoms with Crippen LogP contribution >= 0.6 is 0 Å². The lowest BCUT2D eigenvalue weighted by Gasteiger charge is -2.29. The van der Waals surface area contributed by atoms with Crippen LogP contribution in [0.2, 0.25) is 0 Å². The molecule has 0 spiro atoms. The molecule has 1 amide bonds. The minimum atomic E-state index is -0.825. The van der Waals surface area contributed by atoms with Crippen molar-refractivity contribution in [3.8, 4) is 5.75 Å². The first-order chi connectivity index (χ1) is 13.6. The van der Waals surface area contributed by atoms with Crippen molar-refractivity contribution in [2.75, 3.05) is 19.7 Å². The number of ether oxygens (including phenoxy) is 1. The summed E-state index contributed by atoms with van der Waals surface area (Å²) >= 11 is 0. The molecular formula is C20H22F2N4O2. The van der Waals surface area contributed by atoms with Crippen LogP contribution in [0, 0.1) is 11.6 Å². The molecule has 3 heterocycles. The number of nitrogens with one attached hydrogen (secondary N) is 1. The number of aromatic nitrogens is 2. The SMILES string of the molecule is O=C(COc1ccc(F)cc1F)N1CCc2nc(C3CCCCN3)ncc2C1. The second-order valence-electron chi connectivity index (χ2n) is 7.13. The predicted molar refractivity (Wildman–Crippen MR) is 97.6 cm³/mol. The normalized spacial score (nSPS) is 19.2. The van der Waals surface area contributed by atoms with Gasteiger partial charge in [-0.15, -0.1) is 0 Å². The number of carbonyl (C=O) groups excluding carboxylic acids is 1. The van der Waals surface area contributed by atoms with E-state index in [1.165, 1.54) is 18.9 Å². The van der Waals surface area contributed by atoms with Gasteiger partial charge in [0, 0.05) is 37.3 Å². The van der Waals surface area contributed by atoms with Crippen molar-refractivity contribution in [2.45, 2.75) is 38.3 Å². The number of piperidine rings is 1. The lowest BCUT2D eigenvalue weighted by molar-refractivity contribution is -0.134. The molecule has 0 radical (unpaired) electrons. The number of fused-ring (bicyclic) bond motifs is 1. The van der Waals surface area contributed by atoms with Gasteiger partial charge in [-0.1, -0.05) is 6.42 Å². The third-order valence-electron chi connectivity index (χ3n) is 5.17. The summed E-state index contributed by atoms with van der Waals surface area (Å²) in [4.78, 5) is 23.3. The Morgan fingerprint density at radius 1 is 1.32 bits per heavy atom. The number of amides is 1. The fourth-order valence-electron chi connectivity index (χ4n) is 3.61. The third kappa shape index (κ3) is 4.11. The van der Waals surface area contributed by atoms with Gasteiger partial charge in [-0.05, 0) is 31.5 Å². The third-order valence-corrected chi connectivity index (χ3v) is 5.17. The Kier molecular flexibility index (Phi) is 5.47. The topological polar surface area (TPSA) is 67.3 Å². The van der Waals surface area contributed by atoms with Gasteiger partial charge in [0.05, 0.1) is 11.7 Å². The summed E-state index contributed by atoms with van der Waals surface area (Å²) in [5.74, 6) is -1.08. The van der Waals surface area contributed by atoms with Gasteiger partial charge in [0.2, 0.25) is 0 Å². The Morgan fingerprint density at radius 2 is 2.21 bits per heavy atom. The van der Waals surface area contributed by atoms with Gasteiger partial charge >= 0.3 is 0 Å². The van der Waals surface area contributed by atoms with Crippen LogP contribution in [0.15, 0.2) is 24.4 Å². The molecule has 0 aliphatic carbocycles. The molecule has 1 fully saturated rings. The van der Waals surface area contributed by atoms with Gasteiger partial charge < -0.3 is 15.0 Å². The van der Waals surface area contributed by atoms with Crippen molar-refractivity contribution in [2.24, 2.45) is 0 Å². The molecule has 2 aromatic rings. The zero-order valence-electron chi connectivity index (χ0n) is 15.5. The maximum atomic E-state index is 13.6. The van der Waals surface area contributed by atoms with Crippen LogP contribution in [0.4, 0.5) is 8.78 Å². The molecule has 0 saturated carbocycles. The van der Waals surface area contributed by atoms with Crippen LogP contribution in [-0.4, -0.2) is 40.5 Å². The summed E-state index contributed by atoms with van der Waals surface area (Å²) in [6.45, 7) is 1.61. The standard InChI is InChI=1S/C20H22F2N4O2/c21-14-4-5-18(15(22)9-14)28-12-19(27)26-8-6-16-13(11-26)10-24-20(25-16)17-3-1-2-7-23-17/h4-5,9-10,17,23H,1-3,6-8,11-12H2. The lowest BCUT2D eigenvalue weighted by atomic mass is 10.0. The zero-order chi connectivity index (χ0) is 19.5. The molecule has 148 valence electrons. The molecular weight excluding hydrogens is 366 g/mol. The van der Waals surface area contributed by atoms with Gasteiger partial charge in [0.25, 0.3) is 5.91 Å². The highest BCUT2D eigenvalue weighted by molar-refractivity contribution is 5.78. The van der Waals surface area contributed by atoms with Crippen LogP contribution < -0.4 is 10.1 Å². The average molecular weight is 388 g/mol. The molecule has 8 heteroatoms. The molecule has 1 aromatic heterocycles. The quantitative estimate of drug-likeness (QED) is 0.872. The summed E-state index contributed by atoms with van der Waals surface area (Å²) in [7, 11) is 0. The molecule has 2 aliphatic rings. The smallest absolute Gasteiger partial charge is 0.260 e. The Balaban J connectivity index is 1.37. The molecule has 1 saturated heterocycles. The fourth-order valence-corrected chi connectivity index (χ4v) is 3.61. The largest absolute Gasteiger partial charge is 0.481 e. The highest BCUT2D eigenvalue weighted by Gasteiger charge is 2.25. The highest BCUT2D eigenvalue weighted by Crippen LogP contribution is 2.23. The fraction of sp³-hybridized carbons (Fsp3) is 0.450. The van der Waals surface area contributed by atoms with E-state index < -0.39 is 11.6 Å². The van der Waals surface area contributed by atoms with Crippen LogP contribution in [0.5, 0.6) is 5.75 Å². The monoisotopic (exact) mass is 388 g/mol. The van der Waals surface area contributed by atoms with E-state index in [1.54, 1.807) is 11.1 Å². The molecule has 0 bridgehead atoms. The first kappa shape index (κ1) is 18.7. The molecule has 4 rings (SSSR count). The summed E-state index contributed by atoms with van der Waals surface area (Å²) in [6.07, 6.45) is 5.85. The minimum absolute atomic E-state index is 0.139. The minimum Gasteiger partial charge on any atom is -0.481 e. The van der Waals surface area contributed by atoms with Crippen molar-refractivity contribution in [3.63, 3.8) is 0 Å². The second kappa shape index (κ2) is 8.18. The maximum absolute atomic E-state index is 13.6. The van der Waals surface area contributed by atoms with Crippen LogP contribution in [0.3, 0.4) is 0 Å². The Bertz CT molecular complexity index is 871. The average Bonchev–Trinajstić information content (AvgIpc) is 2.73. The predicted octanol–water partition coefficient (Wildman–Crippen LogP) is 2.53. The van der Waals surface area contributed by atoms with E-state index in [-0.39, 0.29) is 24.3 Å². The lowest BCUT2D eigenvalue weighted by Crippen LogP contribution is -2.39. The number of hydrogen-bond acceptors (Lipinski definition) is 5. The van der Waals surface area contributed by atoms with Crippen molar-refractivity contribution in [3.05, 3.63) is 53.1 Å². The van der Waals surface area contributed by atoms with Crippen LogP contribution in [0.25, 0.3) is 0 Å². The van der Waals surface area contributed by atoms with Crippen LogP contribution in [0.1, 0.15) is 42.4 Å². The van der Waals surface area contributed by atoms with Gasteiger partial charge in [-0.25, -0.2) is 18.7 Å². The molecule has 2 aliphatic heterocycles. The first-order valence-electron chi connectivity index (χ1n) is 9.54. The first-order valence-corrected chi connectivity index (χ1v) is 9.54. The number of hydrogen-bond donors (Lipinski definition) is 1. The number of benzene rings is 1. The van der Waals surface area contributed by atoms with E-state index in [4.69, 9.17) is 9.72 Å². The highest BCUT2D eigenvalue weighted by atomic mass is 19.1. The molecule has 1 N–H and O–H groups in total. The molecule has 6 nitrogen and oxygen atoms in total. The molecule has 1 atom stereocenters. The van der Waals surface area contributed by atoms with E-state index >= 15 is 0 Å². The number of halogens is 2. The van der Waals surface area contributed by atoms with Crippen LogP contribution in [-0.2, 0) is 17.8 Å². The molecule has 1 aromatic carbocycles. The van der Waals surface area contributed by atoms with E-state index in [0.717, 1.165) is 42.2 Å². The van der Waals surface area contributed by atoms with Gasteiger partial charge in [-0.3, -0.25) is 4.79 Å². The van der Waals surface area contributed by atoms with Gasteiger partial charge in [-0.2, -0.15) is 0 Å². The Hall–Kier alpha value is -2.61. The maximum Gasteiger partial charge on any atom is 0.260 e. The van der Waals surface area contributed by atoms with Crippen molar-refractivity contribution in [1.29, 1.82) is 0 Å². The number of nitrogens with zero attached hydrogens (tertiary/aromatic N) is 3.